The first-order valence-electron chi connectivity index (χ1n) is 4.93. The molecule has 17 heavy (non-hydrogen) atoms. The third-order valence-corrected chi connectivity index (χ3v) is 2.34. The molecule has 4 nitrogen and oxygen atoms in total. The van der Waals surface area contributed by atoms with Gasteiger partial charge in [0.05, 0.1) is 11.4 Å². The van der Waals surface area contributed by atoms with Gasteiger partial charge in [-0.3, -0.25) is 5.32 Å². The van der Waals surface area contributed by atoms with Gasteiger partial charge in [-0.25, -0.2) is 9.18 Å². The summed E-state index contributed by atoms with van der Waals surface area (Å²) < 4.78 is 18.4. The minimum atomic E-state index is -0.642. The van der Waals surface area contributed by atoms with Crippen LogP contribution < -0.4 is 11.1 Å². The quantitative estimate of drug-likeness (QED) is 0.780. The molecule has 1 amide bonds. The highest BCUT2D eigenvalue weighted by molar-refractivity contribution is 9.10. The molecular formula is C11H14BrFN2O2. The molecule has 0 unspecified atom stereocenters. The standard InChI is InChI=1S/C11H14BrFN2O2/c1-11(2,3)17-10(16)15-9-7(12)4-6(13)5-8(9)14/h4-5H,14H2,1-3H3,(H,15,16). The van der Waals surface area contributed by atoms with Gasteiger partial charge in [0.15, 0.2) is 0 Å². The average Bonchev–Trinajstić information content (AvgIpc) is 2.08. The predicted octanol–water partition coefficient (Wildman–Crippen LogP) is 3.52. The summed E-state index contributed by atoms with van der Waals surface area (Å²) in [5.41, 5.74) is 5.41. The van der Waals surface area contributed by atoms with Crippen molar-refractivity contribution in [2.75, 3.05) is 11.1 Å². The molecule has 1 aromatic carbocycles. The Kier molecular flexibility index (Phi) is 3.98. The second-order valence-corrected chi connectivity index (χ2v) is 5.33. The monoisotopic (exact) mass is 304 g/mol. The van der Waals surface area contributed by atoms with E-state index in [1.54, 1.807) is 20.8 Å². The minimum Gasteiger partial charge on any atom is -0.444 e. The van der Waals surface area contributed by atoms with E-state index in [-0.39, 0.29) is 5.69 Å². The third-order valence-electron chi connectivity index (χ3n) is 1.71. The van der Waals surface area contributed by atoms with Gasteiger partial charge in [0.1, 0.15) is 11.4 Å². The van der Waals surface area contributed by atoms with Crippen LogP contribution in [0, 0.1) is 5.82 Å². The van der Waals surface area contributed by atoms with E-state index >= 15 is 0 Å². The van der Waals surface area contributed by atoms with Crippen LogP contribution in [0.2, 0.25) is 0 Å². The Morgan fingerprint density at radius 2 is 2.06 bits per heavy atom. The van der Waals surface area contributed by atoms with Crippen LogP contribution >= 0.6 is 15.9 Å². The summed E-state index contributed by atoms with van der Waals surface area (Å²) >= 11 is 3.12. The molecule has 0 saturated heterocycles. The molecule has 1 rings (SSSR count). The van der Waals surface area contributed by atoms with Gasteiger partial charge in [0.25, 0.3) is 0 Å². The Hall–Kier alpha value is -1.30. The Balaban J connectivity index is 2.86. The molecule has 1 aromatic rings. The summed E-state index contributed by atoms with van der Waals surface area (Å²) in [7, 11) is 0. The zero-order valence-electron chi connectivity index (χ0n) is 9.80. The van der Waals surface area contributed by atoms with Gasteiger partial charge in [-0.2, -0.15) is 0 Å². The van der Waals surface area contributed by atoms with Gasteiger partial charge in [-0.15, -0.1) is 0 Å². The lowest BCUT2D eigenvalue weighted by molar-refractivity contribution is 0.0636. The van der Waals surface area contributed by atoms with Crippen molar-refractivity contribution in [3.8, 4) is 0 Å². The van der Waals surface area contributed by atoms with Crippen LogP contribution in [0.5, 0.6) is 0 Å². The highest BCUT2D eigenvalue weighted by Gasteiger charge is 2.18. The van der Waals surface area contributed by atoms with E-state index in [1.165, 1.54) is 6.07 Å². The van der Waals surface area contributed by atoms with Crippen LogP contribution in [0.25, 0.3) is 0 Å². The number of hydrogen-bond acceptors (Lipinski definition) is 3. The summed E-state index contributed by atoms with van der Waals surface area (Å²) in [6, 6.07) is 2.33. The highest BCUT2D eigenvalue weighted by atomic mass is 79.9. The van der Waals surface area contributed by atoms with Gasteiger partial charge in [-0.05, 0) is 48.8 Å². The molecule has 94 valence electrons. The summed E-state index contributed by atoms with van der Waals surface area (Å²) in [6.45, 7) is 5.24. The fourth-order valence-corrected chi connectivity index (χ4v) is 1.68. The van der Waals surface area contributed by atoms with Crippen LogP contribution in [0.15, 0.2) is 16.6 Å². The van der Waals surface area contributed by atoms with E-state index in [4.69, 9.17) is 10.5 Å². The molecule has 0 fully saturated rings. The Morgan fingerprint density at radius 3 is 2.53 bits per heavy atom. The molecule has 0 aliphatic carbocycles. The maximum Gasteiger partial charge on any atom is 0.412 e. The number of rotatable bonds is 1. The lowest BCUT2D eigenvalue weighted by Gasteiger charge is -2.20. The Morgan fingerprint density at radius 1 is 1.47 bits per heavy atom. The zero-order chi connectivity index (χ0) is 13.2. The van der Waals surface area contributed by atoms with E-state index in [9.17, 15) is 9.18 Å². The molecule has 0 saturated carbocycles. The molecule has 3 N–H and O–H groups in total. The number of ether oxygens (including phenoxy) is 1. The van der Waals surface area contributed by atoms with Crippen LogP contribution in [-0.2, 0) is 4.74 Å². The molecule has 0 bridgehead atoms. The number of nitrogens with two attached hydrogens (primary N) is 1. The van der Waals surface area contributed by atoms with Gasteiger partial charge in [-0.1, -0.05) is 0 Å². The molecule has 0 spiro atoms. The second kappa shape index (κ2) is 4.91. The zero-order valence-corrected chi connectivity index (χ0v) is 11.4. The number of nitrogens with one attached hydrogen (secondary N) is 1. The van der Waals surface area contributed by atoms with Crippen LogP contribution in [0.4, 0.5) is 20.6 Å². The number of amides is 1. The predicted molar refractivity (Wildman–Crippen MR) is 68.4 cm³/mol. The van der Waals surface area contributed by atoms with E-state index in [0.717, 1.165) is 6.07 Å². The second-order valence-electron chi connectivity index (χ2n) is 4.48. The van der Waals surface area contributed by atoms with Crippen LogP contribution in [0.1, 0.15) is 20.8 Å². The van der Waals surface area contributed by atoms with Gasteiger partial charge < -0.3 is 10.5 Å². The first-order chi connectivity index (χ1) is 7.69. The lowest BCUT2D eigenvalue weighted by Crippen LogP contribution is -2.27. The smallest absolute Gasteiger partial charge is 0.412 e. The normalized spacial score (nSPS) is 11.1. The third kappa shape index (κ3) is 4.22. The highest BCUT2D eigenvalue weighted by Crippen LogP contribution is 2.30. The number of nitrogen functional groups attached to an aromatic ring is 1. The molecule has 0 atom stereocenters. The lowest BCUT2D eigenvalue weighted by atomic mass is 10.2. The number of carbonyl (C=O) groups excluding carboxylic acids is 1. The number of hydrogen-bond donors (Lipinski definition) is 2. The van der Waals surface area contributed by atoms with Crippen molar-refractivity contribution < 1.29 is 13.9 Å². The van der Waals surface area contributed by atoms with Crippen molar-refractivity contribution in [3.63, 3.8) is 0 Å². The topological polar surface area (TPSA) is 64.3 Å². The summed E-state index contributed by atoms with van der Waals surface area (Å²) in [4.78, 5) is 11.5. The van der Waals surface area contributed by atoms with Gasteiger partial charge >= 0.3 is 6.09 Å². The van der Waals surface area contributed by atoms with Crippen molar-refractivity contribution in [1.29, 1.82) is 0 Å². The minimum absolute atomic E-state index is 0.128. The number of benzene rings is 1. The van der Waals surface area contributed by atoms with Crippen LogP contribution in [-0.4, -0.2) is 11.7 Å². The SMILES string of the molecule is CC(C)(C)OC(=O)Nc1c(N)cc(F)cc1Br. The Bertz CT molecular complexity index is 421. The molecular weight excluding hydrogens is 291 g/mol. The number of carbonyl (C=O) groups is 1. The molecule has 6 heteroatoms. The van der Waals surface area contributed by atoms with Crippen molar-refractivity contribution in [3.05, 3.63) is 22.4 Å². The van der Waals surface area contributed by atoms with Gasteiger partial charge in [0, 0.05) is 4.47 Å². The molecule has 0 radical (unpaired) electrons. The first kappa shape index (κ1) is 13.8. The Labute approximate surface area is 107 Å². The maximum atomic E-state index is 13.0. The van der Waals surface area contributed by atoms with E-state index in [2.05, 4.69) is 21.2 Å². The van der Waals surface area contributed by atoms with Crippen molar-refractivity contribution in [2.24, 2.45) is 0 Å². The summed E-state index contributed by atoms with van der Waals surface area (Å²) in [5.74, 6) is -0.482. The van der Waals surface area contributed by atoms with Crippen molar-refractivity contribution in [1.82, 2.24) is 0 Å². The van der Waals surface area contributed by atoms with Crippen molar-refractivity contribution >= 4 is 33.4 Å². The number of halogens is 2. The fourth-order valence-electron chi connectivity index (χ4n) is 1.13. The molecule has 0 heterocycles. The van der Waals surface area contributed by atoms with Crippen molar-refractivity contribution in [2.45, 2.75) is 26.4 Å². The maximum absolute atomic E-state index is 13.0. The first-order valence-corrected chi connectivity index (χ1v) is 5.73. The average molecular weight is 305 g/mol. The van der Waals surface area contributed by atoms with Crippen LogP contribution in [0.3, 0.4) is 0 Å². The van der Waals surface area contributed by atoms with Gasteiger partial charge in [0.2, 0.25) is 0 Å². The van der Waals surface area contributed by atoms with E-state index in [0.29, 0.717) is 10.2 Å². The molecule has 0 aromatic heterocycles. The summed E-state index contributed by atoms with van der Waals surface area (Å²) in [5, 5.41) is 2.46. The molecule has 0 aliphatic rings. The van der Waals surface area contributed by atoms with E-state index in [1.807, 2.05) is 0 Å². The largest absolute Gasteiger partial charge is 0.444 e. The summed E-state index contributed by atoms with van der Waals surface area (Å²) in [6.07, 6.45) is -0.642. The molecule has 0 aliphatic heterocycles. The van der Waals surface area contributed by atoms with E-state index < -0.39 is 17.5 Å². The number of anilines is 2. The fraction of sp³-hybridized carbons (Fsp3) is 0.364.